The summed E-state index contributed by atoms with van der Waals surface area (Å²) in [6.45, 7) is 6.47. The SMILES string of the molecule is CCC(=O)N1CSCC1C(=O)NC(CN)CC(C)C.Cl. The molecule has 0 aliphatic carbocycles. The number of nitrogens with two attached hydrogens (primary N) is 1. The lowest BCUT2D eigenvalue weighted by atomic mass is 10.0. The topological polar surface area (TPSA) is 75.4 Å². The molecule has 0 aromatic heterocycles. The Morgan fingerprint density at radius 2 is 2.10 bits per heavy atom. The highest BCUT2D eigenvalue weighted by molar-refractivity contribution is 7.99. The first kappa shape index (κ1) is 19.5. The first-order valence-electron chi connectivity index (χ1n) is 6.87. The number of nitrogens with zero attached hydrogens (tertiary/aromatic N) is 1. The smallest absolute Gasteiger partial charge is 0.243 e. The van der Waals surface area contributed by atoms with Crippen molar-refractivity contribution in [3.05, 3.63) is 0 Å². The molecule has 1 rings (SSSR count). The number of thioether (sulfide) groups is 1. The summed E-state index contributed by atoms with van der Waals surface area (Å²) in [6.07, 6.45) is 1.31. The lowest BCUT2D eigenvalue weighted by molar-refractivity contribution is -0.138. The van der Waals surface area contributed by atoms with E-state index in [-0.39, 0.29) is 36.3 Å². The monoisotopic (exact) mass is 323 g/mol. The third-order valence-corrected chi connectivity index (χ3v) is 4.21. The van der Waals surface area contributed by atoms with Crippen molar-refractivity contribution in [3.63, 3.8) is 0 Å². The van der Waals surface area contributed by atoms with E-state index in [9.17, 15) is 9.59 Å². The standard InChI is InChI=1S/C13H25N3O2S.ClH/c1-4-12(17)16-8-19-7-11(16)13(18)15-10(6-14)5-9(2)3;/h9-11H,4-8,14H2,1-3H3,(H,15,18);1H. The minimum Gasteiger partial charge on any atom is -0.350 e. The van der Waals surface area contributed by atoms with Gasteiger partial charge < -0.3 is 16.0 Å². The number of hydrogen-bond acceptors (Lipinski definition) is 4. The van der Waals surface area contributed by atoms with Crippen molar-refractivity contribution in [1.82, 2.24) is 10.2 Å². The van der Waals surface area contributed by atoms with Crippen molar-refractivity contribution in [1.29, 1.82) is 0 Å². The Morgan fingerprint density at radius 3 is 2.60 bits per heavy atom. The van der Waals surface area contributed by atoms with Gasteiger partial charge in [-0.2, -0.15) is 0 Å². The van der Waals surface area contributed by atoms with E-state index in [0.717, 1.165) is 6.42 Å². The first-order chi connectivity index (χ1) is 8.99. The van der Waals surface area contributed by atoms with Crippen LogP contribution in [0.1, 0.15) is 33.6 Å². The van der Waals surface area contributed by atoms with Gasteiger partial charge in [-0.25, -0.2) is 0 Å². The first-order valence-corrected chi connectivity index (χ1v) is 8.02. The molecule has 1 saturated heterocycles. The fourth-order valence-corrected chi connectivity index (χ4v) is 3.37. The Kier molecular flexibility index (Phi) is 9.25. The molecule has 118 valence electrons. The van der Waals surface area contributed by atoms with Crippen molar-refractivity contribution in [3.8, 4) is 0 Å². The molecule has 1 aliphatic rings. The minimum absolute atomic E-state index is 0. The molecule has 0 radical (unpaired) electrons. The second-order valence-electron chi connectivity index (χ2n) is 5.30. The molecule has 2 amide bonds. The van der Waals surface area contributed by atoms with Crippen LogP contribution in [-0.2, 0) is 9.59 Å². The number of carbonyl (C=O) groups is 2. The summed E-state index contributed by atoms with van der Waals surface area (Å²) < 4.78 is 0. The molecule has 0 spiro atoms. The van der Waals surface area contributed by atoms with E-state index in [2.05, 4.69) is 19.2 Å². The van der Waals surface area contributed by atoms with Gasteiger partial charge in [0, 0.05) is 24.8 Å². The zero-order valence-electron chi connectivity index (χ0n) is 12.4. The fraction of sp³-hybridized carbons (Fsp3) is 0.846. The second kappa shape index (κ2) is 9.47. The summed E-state index contributed by atoms with van der Waals surface area (Å²) in [4.78, 5) is 25.7. The number of amides is 2. The Labute approximate surface area is 131 Å². The van der Waals surface area contributed by atoms with E-state index < -0.39 is 0 Å². The molecule has 2 unspecified atom stereocenters. The molecular weight excluding hydrogens is 298 g/mol. The van der Waals surface area contributed by atoms with Crippen LogP contribution in [0.4, 0.5) is 0 Å². The van der Waals surface area contributed by atoms with E-state index >= 15 is 0 Å². The maximum absolute atomic E-state index is 12.3. The van der Waals surface area contributed by atoms with Crippen LogP contribution in [0.15, 0.2) is 0 Å². The van der Waals surface area contributed by atoms with E-state index in [0.29, 0.717) is 30.5 Å². The van der Waals surface area contributed by atoms with Gasteiger partial charge in [0.2, 0.25) is 11.8 Å². The average molecular weight is 324 g/mol. The van der Waals surface area contributed by atoms with Gasteiger partial charge in [0.25, 0.3) is 0 Å². The summed E-state index contributed by atoms with van der Waals surface area (Å²) >= 11 is 1.62. The molecule has 7 heteroatoms. The van der Waals surface area contributed by atoms with Gasteiger partial charge in [-0.15, -0.1) is 24.2 Å². The van der Waals surface area contributed by atoms with Gasteiger partial charge in [0.05, 0.1) is 5.88 Å². The van der Waals surface area contributed by atoms with Crippen LogP contribution < -0.4 is 11.1 Å². The van der Waals surface area contributed by atoms with Gasteiger partial charge in [0.1, 0.15) is 6.04 Å². The molecule has 0 aromatic rings. The van der Waals surface area contributed by atoms with Crippen molar-refractivity contribution >= 4 is 36.0 Å². The molecule has 1 fully saturated rings. The summed E-state index contributed by atoms with van der Waals surface area (Å²) in [5.41, 5.74) is 5.69. The quantitative estimate of drug-likeness (QED) is 0.770. The highest BCUT2D eigenvalue weighted by Crippen LogP contribution is 2.22. The zero-order chi connectivity index (χ0) is 14.4. The van der Waals surface area contributed by atoms with Gasteiger partial charge >= 0.3 is 0 Å². The van der Waals surface area contributed by atoms with E-state index in [4.69, 9.17) is 5.73 Å². The molecule has 1 heterocycles. The summed E-state index contributed by atoms with van der Waals surface area (Å²) in [5, 5.41) is 2.98. The van der Waals surface area contributed by atoms with Crippen LogP contribution in [0.2, 0.25) is 0 Å². The van der Waals surface area contributed by atoms with Crippen LogP contribution in [0.3, 0.4) is 0 Å². The van der Waals surface area contributed by atoms with Crippen LogP contribution in [0.5, 0.6) is 0 Å². The average Bonchev–Trinajstić information content (AvgIpc) is 2.85. The second-order valence-corrected chi connectivity index (χ2v) is 6.30. The van der Waals surface area contributed by atoms with E-state index in [1.54, 1.807) is 16.7 Å². The van der Waals surface area contributed by atoms with Gasteiger partial charge in [-0.1, -0.05) is 20.8 Å². The highest BCUT2D eigenvalue weighted by Gasteiger charge is 2.34. The zero-order valence-corrected chi connectivity index (χ0v) is 14.1. The van der Waals surface area contributed by atoms with Crippen LogP contribution in [0.25, 0.3) is 0 Å². The van der Waals surface area contributed by atoms with E-state index in [1.807, 2.05) is 6.92 Å². The Bertz CT molecular complexity index is 329. The Balaban J connectivity index is 0.00000361. The molecule has 0 bridgehead atoms. The maximum Gasteiger partial charge on any atom is 0.243 e. The number of halogens is 1. The van der Waals surface area contributed by atoms with Gasteiger partial charge in [-0.3, -0.25) is 9.59 Å². The van der Waals surface area contributed by atoms with E-state index in [1.165, 1.54) is 0 Å². The summed E-state index contributed by atoms with van der Waals surface area (Å²) in [5.74, 6) is 1.75. The highest BCUT2D eigenvalue weighted by atomic mass is 35.5. The molecule has 3 N–H and O–H groups in total. The third-order valence-electron chi connectivity index (χ3n) is 3.19. The fourth-order valence-electron chi connectivity index (χ4n) is 2.19. The summed E-state index contributed by atoms with van der Waals surface area (Å²) in [7, 11) is 0. The molecule has 1 aliphatic heterocycles. The molecule has 2 atom stereocenters. The van der Waals surface area contributed by atoms with Crippen LogP contribution >= 0.6 is 24.2 Å². The summed E-state index contributed by atoms with van der Waals surface area (Å²) in [6, 6.07) is -0.338. The van der Waals surface area contributed by atoms with Crippen molar-refractivity contribution in [2.75, 3.05) is 18.2 Å². The van der Waals surface area contributed by atoms with Crippen molar-refractivity contribution in [2.45, 2.75) is 45.7 Å². The van der Waals surface area contributed by atoms with Crippen molar-refractivity contribution < 1.29 is 9.59 Å². The number of nitrogens with one attached hydrogen (secondary N) is 1. The number of carbonyl (C=O) groups excluding carboxylic acids is 2. The van der Waals surface area contributed by atoms with Crippen LogP contribution in [-0.4, -0.2) is 47.0 Å². The Hall–Kier alpha value is -0.460. The third kappa shape index (κ3) is 5.50. The molecular formula is C13H26ClN3O2S. The van der Waals surface area contributed by atoms with Crippen molar-refractivity contribution in [2.24, 2.45) is 11.7 Å². The molecule has 0 saturated carbocycles. The Morgan fingerprint density at radius 1 is 1.45 bits per heavy atom. The molecule has 0 aromatic carbocycles. The lowest BCUT2D eigenvalue weighted by Gasteiger charge is -2.26. The van der Waals surface area contributed by atoms with Gasteiger partial charge in [0.15, 0.2) is 0 Å². The largest absolute Gasteiger partial charge is 0.350 e. The van der Waals surface area contributed by atoms with Crippen LogP contribution in [0, 0.1) is 5.92 Å². The number of hydrogen-bond donors (Lipinski definition) is 2. The normalized spacial score (nSPS) is 19.6. The minimum atomic E-state index is -0.335. The lowest BCUT2D eigenvalue weighted by Crippen LogP contribution is -2.51. The molecule has 5 nitrogen and oxygen atoms in total. The predicted octanol–water partition coefficient (Wildman–Crippen LogP) is 1.21. The molecule has 20 heavy (non-hydrogen) atoms. The predicted molar refractivity (Wildman–Crippen MR) is 85.9 cm³/mol. The van der Waals surface area contributed by atoms with Gasteiger partial charge in [-0.05, 0) is 12.3 Å². The number of rotatable bonds is 6. The maximum atomic E-state index is 12.3.